The molecule has 0 heterocycles. The number of rotatable bonds is 12. The molecule has 0 radical (unpaired) electrons. The topological polar surface area (TPSA) is 122 Å². The molecule has 0 bridgehead atoms. The lowest BCUT2D eigenvalue weighted by Crippen LogP contribution is -2.36. The molecule has 3 N–H and O–H groups in total. The molecule has 0 aliphatic heterocycles. The number of ether oxygens (including phenoxy) is 1. The lowest BCUT2D eigenvalue weighted by Gasteiger charge is -2.10. The first-order valence-electron chi connectivity index (χ1n) is 6.35. The number of thioether (sulfide) groups is 1. The molecule has 0 aromatic heterocycles. The molecule has 0 saturated carbocycles. The highest BCUT2D eigenvalue weighted by Crippen LogP contribution is 2.05. The summed E-state index contributed by atoms with van der Waals surface area (Å²) in [4.78, 5) is 43.2. The second-order valence-electron chi connectivity index (χ2n) is 4.05. The second-order valence-corrected chi connectivity index (χ2v) is 5.15. The molecule has 0 aromatic carbocycles. The fraction of sp³-hybridized carbons (Fsp3) is 0.667. The minimum atomic E-state index is -1.10. The lowest BCUT2D eigenvalue weighted by molar-refractivity contribution is -0.141. The summed E-state index contributed by atoms with van der Waals surface area (Å²) >= 11 is 1.28. The largest absolute Gasteiger partial charge is 0.480 e. The third-order valence-corrected chi connectivity index (χ3v) is 3.45. The van der Waals surface area contributed by atoms with Crippen molar-refractivity contribution in [3.05, 3.63) is 0 Å². The van der Waals surface area contributed by atoms with Gasteiger partial charge in [0.15, 0.2) is 0 Å². The molecule has 0 fully saturated rings. The van der Waals surface area contributed by atoms with E-state index in [0.717, 1.165) is 0 Å². The molecule has 9 heteroatoms. The minimum Gasteiger partial charge on any atom is -0.480 e. The minimum absolute atomic E-state index is 0.180. The van der Waals surface area contributed by atoms with Gasteiger partial charge in [-0.3, -0.25) is 14.4 Å². The van der Waals surface area contributed by atoms with Gasteiger partial charge in [-0.2, -0.15) is 11.8 Å². The first-order chi connectivity index (χ1) is 10.0. The molecule has 0 aliphatic rings. The number of esters is 1. The Morgan fingerprint density at radius 3 is 2.67 bits per heavy atom. The highest BCUT2D eigenvalue weighted by atomic mass is 32.2. The molecule has 0 rings (SSSR count). The van der Waals surface area contributed by atoms with Crippen LogP contribution >= 0.6 is 11.8 Å². The molecule has 8 nitrogen and oxygen atoms in total. The molecule has 0 aliphatic carbocycles. The number of hydrogen-bond acceptors (Lipinski definition) is 6. The van der Waals surface area contributed by atoms with E-state index >= 15 is 0 Å². The van der Waals surface area contributed by atoms with Crippen molar-refractivity contribution < 1.29 is 29.0 Å². The number of amides is 2. The maximum absolute atomic E-state index is 11.4. The van der Waals surface area contributed by atoms with Crippen LogP contribution in [0.2, 0.25) is 0 Å². The van der Waals surface area contributed by atoms with Crippen LogP contribution in [0.3, 0.4) is 0 Å². The van der Waals surface area contributed by atoms with Gasteiger partial charge in [-0.25, -0.2) is 4.79 Å². The zero-order valence-electron chi connectivity index (χ0n) is 11.8. The van der Waals surface area contributed by atoms with Crippen molar-refractivity contribution in [3.63, 3.8) is 0 Å². The van der Waals surface area contributed by atoms with E-state index in [1.807, 2.05) is 0 Å². The van der Waals surface area contributed by atoms with Crippen molar-refractivity contribution in [2.24, 2.45) is 0 Å². The smallest absolute Gasteiger partial charge is 0.326 e. The molecule has 1 unspecified atom stereocenters. The van der Waals surface area contributed by atoms with Crippen LogP contribution in [0.25, 0.3) is 0 Å². The first-order valence-corrected chi connectivity index (χ1v) is 7.50. The average molecular weight is 320 g/mol. The van der Waals surface area contributed by atoms with Crippen molar-refractivity contribution in [2.75, 3.05) is 25.2 Å². The van der Waals surface area contributed by atoms with Crippen LogP contribution in [0.4, 0.5) is 0 Å². The van der Waals surface area contributed by atoms with Gasteiger partial charge in [-0.15, -0.1) is 0 Å². The van der Waals surface area contributed by atoms with Gasteiger partial charge in [0.1, 0.15) is 6.04 Å². The quantitative estimate of drug-likeness (QED) is 0.249. The first kappa shape index (κ1) is 19.2. The zero-order valence-corrected chi connectivity index (χ0v) is 12.6. The Kier molecular flexibility index (Phi) is 11.0. The third-order valence-electron chi connectivity index (χ3n) is 2.46. The summed E-state index contributed by atoms with van der Waals surface area (Å²) in [6.07, 6.45) is 1.35. The predicted molar refractivity (Wildman–Crippen MR) is 76.8 cm³/mol. The summed E-state index contributed by atoms with van der Waals surface area (Å²) in [6, 6.07) is -0.932. The molecule has 0 spiro atoms. The number of carbonyl (C=O) groups excluding carboxylic acids is 3. The van der Waals surface area contributed by atoms with E-state index < -0.39 is 12.0 Å². The van der Waals surface area contributed by atoms with Crippen LogP contribution in [0, 0.1) is 0 Å². The Balaban J connectivity index is 3.63. The molecule has 0 saturated heterocycles. The van der Waals surface area contributed by atoms with Gasteiger partial charge in [0, 0.05) is 13.0 Å². The number of methoxy groups -OCH3 is 1. The van der Waals surface area contributed by atoms with E-state index in [2.05, 4.69) is 15.4 Å². The van der Waals surface area contributed by atoms with Gasteiger partial charge < -0.3 is 20.5 Å². The number of aliphatic carboxylic acids is 1. The van der Waals surface area contributed by atoms with Crippen molar-refractivity contribution in [3.8, 4) is 0 Å². The molecule has 1 atom stereocenters. The van der Waals surface area contributed by atoms with E-state index in [1.165, 1.54) is 18.9 Å². The normalized spacial score (nSPS) is 11.3. The highest BCUT2D eigenvalue weighted by Gasteiger charge is 2.15. The molecule has 120 valence electrons. The van der Waals surface area contributed by atoms with E-state index in [9.17, 15) is 19.2 Å². The summed E-state index contributed by atoms with van der Waals surface area (Å²) in [5.41, 5.74) is 0. The predicted octanol–water partition coefficient (Wildman–Crippen LogP) is -0.622. The monoisotopic (exact) mass is 320 g/mol. The van der Waals surface area contributed by atoms with E-state index in [1.54, 1.807) is 0 Å². The highest BCUT2D eigenvalue weighted by molar-refractivity contribution is 7.99. The van der Waals surface area contributed by atoms with Gasteiger partial charge in [0.2, 0.25) is 12.3 Å². The molecular weight excluding hydrogens is 300 g/mol. The molecule has 0 aromatic rings. The Hall–Kier alpha value is -1.77. The number of hydrogen-bond donors (Lipinski definition) is 3. The summed E-state index contributed by atoms with van der Waals surface area (Å²) in [7, 11) is 1.31. The lowest BCUT2D eigenvalue weighted by atomic mass is 10.2. The zero-order chi connectivity index (χ0) is 16.1. The van der Waals surface area contributed by atoms with Crippen molar-refractivity contribution in [2.45, 2.75) is 25.3 Å². The van der Waals surface area contributed by atoms with Gasteiger partial charge in [0.05, 0.1) is 12.9 Å². The standard InChI is InChI=1S/C12H20N2O6S/c1-20-11(17)3-2-5-13-10(16)7-21-6-4-9(12(18)19)14-8-15/h8-9H,2-7H2,1H3,(H,13,16)(H,14,15)(H,18,19). The van der Waals surface area contributed by atoms with E-state index in [-0.39, 0.29) is 30.5 Å². The van der Waals surface area contributed by atoms with Gasteiger partial charge >= 0.3 is 11.9 Å². The average Bonchev–Trinajstić information content (AvgIpc) is 2.46. The van der Waals surface area contributed by atoms with E-state index in [4.69, 9.17) is 5.11 Å². The maximum Gasteiger partial charge on any atom is 0.326 e. The SMILES string of the molecule is COC(=O)CCCNC(=O)CSCCC(NC=O)C(=O)O. The molecule has 21 heavy (non-hydrogen) atoms. The van der Waals surface area contributed by atoms with Crippen LogP contribution < -0.4 is 10.6 Å². The summed E-state index contributed by atoms with van der Waals surface area (Å²) in [5.74, 6) is -0.963. The molecular formula is C12H20N2O6S. The van der Waals surface area contributed by atoms with Crippen LogP contribution in [0.5, 0.6) is 0 Å². The fourth-order valence-corrected chi connectivity index (χ4v) is 2.17. The Morgan fingerprint density at radius 2 is 2.10 bits per heavy atom. The van der Waals surface area contributed by atoms with E-state index in [0.29, 0.717) is 25.1 Å². The molecule has 2 amide bonds. The van der Waals surface area contributed by atoms with Gasteiger partial charge in [-0.05, 0) is 18.6 Å². The third kappa shape index (κ3) is 10.7. The second kappa shape index (κ2) is 12.0. The van der Waals surface area contributed by atoms with Crippen LogP contribution in [-0.2, 0) is 23.9 Å². The number of carboxylic acids is 1. The number of carboxylic acid groups (broad SMARTS) is 1. The number of nitrogens with one attached hydrogen (secondary N) is 2. The Labute approximate surface area is 127 Å². The Morgan fingerprint density at radius 1 is 1.38 bits per heavy atom. The Bertz CT molecular complexity index is 364. The van der Waals surface area contributed by atoms with Crippen LogP contribution in [0.1, 0.15) is 19.3 Å². The van der Waals surface area contributed by atoms with Crippen molar-refractivity contribution in [1.82, 2.24) is 10.6 Å². The summed E-state index contributed by atoms with van der Waals surface area (Å²) in [5, 5.41) is 13.6. The van der Waals surface area contributed by atoms with Crippen LogP contribution in [-0.4, -0.2) is 60.6 Å². The van der Waals surface area contributed by atoms with Gasteiger partial charge in [0.25, 0.3) is 0 Å². The van der Waals surface area contributed by atoms with Crippen molar-refractivity contribution in [1.29, 1.82) is 0 Å². The summed E-state index contributed by atoms with van der Waals surface area (Å²) in [6.45, 7) is 0.388. The van der Waals surface area contributed by atoms with Gasteiger partial charge in [-0.1, -0.05) is 0 Å². The van der Waals surface area contributed by atoms with Crippen LogP contribution in [0.15, 0.2) is 0 Å². The maximum atomic E-state index is 11.4. The number of carbonyl (C=O) groups is 4. The summed E-state index contributed by atoms with van der Waals surface area (Å²) < 4.78 is 4.46. The van der Waals surface area contributed by atoms with Crippen molar-refractivity contribution >= 4 is 36.0 Å². The fourth-order valence-electron chi connectivity index (χ4n) is 1.34.